The maximum atomic E-state index is 5.73. The van der Waals surface area contributed by atoms with Gasteiger partial charge in [0.15, 0.2) is 0 Å². The predicted octanol–water partition coefficient (Wildman–Crippen LogP) is 3.06. The molecule has 1 aliphatic rings. The summed E-state index contributed by atoms with van der Waals surface area (Å²) in [6, 6.07) is 13.9. The average Bonchev–Trinajstić information content (AvgIpc) is 3.41. The molecule has 2 aromatic heterocycles. The molecule has 0 bridgehead atoms. The van der Waals surface area contributed by atoms with Crippen LogP contribution in [0.5, 0.6) is 0 Å². The van der Waals surface area contributed by atoms with Crippen LogP contribution >= 0.6 is 0 Å². The zero-order valence-corrected chi connectivity index (χ0v) is 12.0. The van der Waals surface area contributed by atoms with Crippen LogP contribution < -0.4 is 5.73 Å². The molecule has 1 fully saturated rings. The normalized spacial score (nSPS) is 14.0. The number of aromatic nitrogens is 4. The highest BCUT2D eigenvalue weighted by molar-refractivity contribution is 5.78. The van der Waals surface area contributed by atoms with E-state index >= 15 is 0 Å². The lowest BCUT2D eigenvalue weighted by Gasteiger charge is -2.09. The number of nitrogens with zero attached hydrogens (tertiary/aromatic N) is 4. The largest absolute Gasteiger partial charge is 0.366 e. The number of nitrogens with two attached hydrogens (primary N) is 1. The van der Waals surface area contributed by atoms with Gasteiger partial charge in [0.25, 0.3) is 0 Å². The Labute approximate surface area is 128 Å². The number of nitrogen functional groups attached to an aromatic ring is 1. The lowest BCUT2D eigenvalue weighted by Crippen LogP contribution is -2.02. The summed E-state index contributed by atoms with van der Waals surface area (Å²) < 4.78 is 0. The Morgan fingerprint density at radius 3 is 2.50 bits per heavy atom. The van der Waals surface area contributed by atoms with Gasteiger partial charge in [0, 0.05) is 28.9 Å². The number of rotatable bonds is 3. The van der Waals surface area contributed by atoms with E-state index in [1.165, 1.54) is 12.8 Å². The average molecular weight is 289 g/mol. The molecule has 0 saturated heterocycles. The number of benzene rings is 1. The SMILES string of the molecule is Nc1nnc(-c2ccnc(C3CC3)c2)c(-c2ccccc2)n1. The van der Waals surface area contributed by atoms with Crippen LogP contribution in [0.25, 0.3) is 22.5 Å². The molecular weight excluding hydrogens is 274 g/mol. The highest BCUT2D eigenvalue weighted by atomic mass is 15.2. The fourth-order valence-electron chi connectivity index (χ4n) is 2.53. The molecule has 0 atom stereocenters. The van der Waals surface area contributed by atoms with E-state index in [4.69, 9.17) is 5.73 Å². The van der Waals surface area contributed by atoms with Gasteiger partial charge < -0.3 is 5.73 Å². The molecule has 2 heterocycles. The van der Waals surface area contributed by atoms with Crippen LogP contribution in [0.4, 0.5) is 5.95 Å². The Balaban J connectivity index is 1.86. The molecule has 1 aliphatic carbocycles. The van der Waals surface area contributed by atoms with Crippen molar-refractivity contribution >= 4 is 5.95 Å². The first-order chi connectivity index (χ1) is 10.8. The summed E-state index contributed by atoms with van der Waals surface area (Å²) in [5, 5.41) is 8.21. The first-order valence-electron chi connectivity index (χ1n) is 7.33. The number of pyridine rings is 1. The van der Waals surface area contributed by atoms with Gasteiger partial charge in [0.1, 0.15) is 11.4 Å². The fourth-order valence-corrected chi connectivity index (χ4v) is 2.53. The van der Waals surface area contributed by atoms with Crippen molar-refractivity contribution in [3.05, 3.63) is 54.4 Å². The molecule has 0 unspecified atom stereocenters. The molecule has 3 aromatic rings. The van der Waals surface area contributed by atoms with E-state index in [9.17, 15) is 0 Å². The van der Waals surface area contributed by atoms with Gasteiger partial charge in [-0.25, -0.2) is 4.98 Å². The number of anilines is 1. The molecule has 5 heteroatoms. The standard InChI is InChI=1S/C17H15N5/c18-17-20-15(12-4-2-1-3-5-12)16(21-22-17)13-8-9-19-14(10-13)11-6-7-11/h1-5,8-11H,6-7H2,(H2,18,20,22). The summed E-state index contributed by atoms with van der Waals surface area (Å²) in [6.45, 7) is 0. The Hall–Kier alpha value is -2.82. The molecule has 108 valence electrons. The minimum Gasteiger partial charge on any atom is -0.366 e. The smallest absolute Gasteiger partial charge is 0.240 e. The third-order valence-corrected chi connectivity index (χ3v) is 3.80. The molecule has 1 saturated carbocycles. The maximum Gasteiger partial charge on any atom is 0.240 e. The molecule has 0 radical (unpaired) electrons. The van der Waals surface area contributed by atoms with Gasteiger partial charge >= 0.3 is 0 Å². The second kappa shape index (κ2) is 5.18. The number of hydrogen-bond donors (Lipinski definition) is 1. The van der Waals surface area contributed by atoms with E-state index in [1.807, 2.05) is 42.6 Å². The van der Waals surface area contributed by atoms with E-state index in [2.05, 4.69) is 26.2 Å². The first kappa shape index (κ1) is 12.9. The lowest BCUT2D eigenvalue weighted by molar-refractivity contribution is 0.988. The first-order valence-corrected chi connectivity index (χ1v) is 7.33. The van der Waals surface area contributed by atoms with Gasteiger partial charge in [0.2, 0.25) is 5.95 Å². The van der Waals surface area contributed by atoms with Crippen molar-refractivity contribution in [2.45, 2.75) is 18.8 Å². The van der Waals surface area contributed by atoms with Gasteiger partial charge in [-0.15, -0.1) is 10.2 Å². The second-order valence-corrected chi connectivity index (χ2v) is 5.48. The lowest BCUT2D eigenvalue weighted by atomic mass is 10.0. The van der Waals surface area contributed by atoms with Crippen molar-refractivity contribution in [3.8, 4) is 22.5 Å². The van der Waals surface area contributed by atoms with E-state index < -0.39 is 0 Å². The van der Waals surface area contributed by atoms with Gasteiger partial charge in [-0.3, -0.25) is 4.98 Å². The van der Waals surface area contributed by atoms with Gasteiger partial charge in [-0.1, -0.05) is 30.3 Å². The summed E-state index contributed by atoms with van der Waals surface area (Å²) in [6.07, 6.45) is 4.26. The molecular formula is C17H15N5. The summed E-state index contributed by atoms with van der Waals surface area (Å²) in [4.78, 5) is 8.85. The molecule has 0 spiro atoms. The Bertz CT molecular complexity index is 812. The van der Waals surface area contributed by atoms with Crippen LogP contribution in [0.3, 0.4) is 0 Å². The number of hydrogen-bond acceptors (Lipinski definition) is 5. The van der Waals surface area contributed by atoms with Crippen molar-refractivity contribution in [2.75, 3.05) is 5.73 Å². The van der Waals surface area contributed by atoms with Gasteiger partial charge in [-0.05, 0) is 25.0 Å². The van der Waals surface area contributed by atoms with Crippen molar-refractivity contribution in [1.29, 1.82) is 0 Å². The van der Waals surface area contributed by atoms with Gasteiger partial charge in [0.05, 0.1) is 0 Å². The summed E-state index contributed by atoms with van der Waals surface area (Å²) >= 11 is 0. The van der Waals surface area contributed by atoms with Crippen molar-refractivity contribution < 1.29 is 0 Å². The molecule has 0 aliphatic heterocycles. The molecule has 1 aromatic carbocycles. The summed E-state index contributed by atoms with van der Waals surface area (Å²) in [5.41, 5.74) is 10.3. The topological polar surface area (TPSA) is 77.6 Å². The third kappa shape index (κ3) is 2.41. The summed E-state index contributed by atoms with van der Waals surface area (Å²) in [7, 11) is 0. The quantitative estimate of drug-likeness (QED) is 0.801. The Morgan fingerprint density at radius 1 is 0.909 bits per heavy atom. The molecule has 5 nitrogen and oxygen atoms in total. The Morgan fingerprint density at radius 2 is 1.73 bits per heavy atom. The fraction of sp³-hybridized carbons (Fsp3) is 0.176. The minimum absolute atomic E-state index is 0.180. The highest BCUT2D eigenvalue weighted by Gasteiger charge is 2.25. The van der Waals surface area contributed by atoms with Crippen LogP contribution in [-0.4, -0.2) is 20.2 Å². The van der Waals surface area contributed by atoms with Crippen molar-refractivity contribution in [2.24, 2.45) is 0 Å². The predicted molar refractivity (Wildman–Crippen MR) is 84.9 cm³/mol. The monoisotopic (exact) mass is 289 g/mol. The maximum absolute atomic E-state index is 5.73. The zero-order chi connectivity index (χ0) is 14.9. The van der Waals surface area contributed by atoms with Crippen LogP contribution in [0.1, 0.15) is 24.5 Å². The molecule has 0 amide bonds. The molecule has 4 rings (SSSR count). The van der Waals surface area contributed by atoms with Crippen LogP contribution in [0.15, 0.2) is 48.7 Å². The van der Waals surface area contributed by atoms with Crippen LogP contribution in [0, 0.1) is 0 Å². The van der Waals surface area contributed by atoms with Gasteiger partial charge in [-0.2, -0.15) is 0 Å². The Kier molecular flexibility index (Phi) is 3.04. The van der Waals surface area contributed by atoms with E-state index in [-0.39, 0.29) is 5.95 Å². The second-order valence-electron chi connectivity index (χ2n) is 5.48. The zero-order valence-electron chi connectivity index (χ0n) is 12.0. The highest BCUT2D eigenvalue weighted by Crippen LogP contribution is 2.40. The minimum atomic E-state index is 0.180. The van der Waals surface area contributed by atoms with Crippen molar-refractivity contribution in [3.63, 3.8) is 0 Å². The van der Waals surface area contributed by atoms with E-state index in [0.29, 0.717) is 5.92 Å². The third-order valence-electron chi connectivity index (χ3n) is 3.80. The van der Waals surface area contributed by atoms with E-state index in [1.54, 1.807) is 0 Å². The van der Waals surface area contributed by atoms with Crippen LogP contribution in [0.2, 0.25) is 0 Å². The van der Waals surface area contributed by atoms with Crippen LogP contribution in [-0.2, 0) is 0 Å². The molecule has 2 N–H and O–H groups in total. The summed E-state index contributed by atoms with van der Waals surface area (Å²) in [5.74, 6) is 0.772. The van der Waals surface area contributed by atoms with Crippen molar-refractivity contribution in [1.82, 2.24) is 20.2 Å². The van der Waals surface area contributed by atoms with E-state index in [0.717, 1.165) is 28.2 Å². The molecule has 22 heavy (non-hydrogen) atoms.